The number of benzene rings is 1. The lowest BCUT2D eigenvalue weighted by atomic mass is 10.1. The number of hydrogen-bond donors (Lipinski definition) is 3. The van der Waals surface area contributed by atoms with Gasteiger partial charge in [-0.3, -0.25) is 14.4 Å². The van der Waals surface area contributed by atoms with Crippen molar-refractivity contribution in [3.63, 3.8) is 0 Å². The first-order valence-corrected chi connectivity index (χ1v) is 5.57. The van der Waals surface area contributed by atoms with E-state index in [0.717, 1.165) is 12.1 Å². The standard InChI is InChI=1S/C13H10FN3O3/c14-9-2-1-7(12(15)19)5-10(9)17-13(20)8-6-16-4-3-11(8)18/h1-6H,(H2,15,19)(H,16,18)(H,17,20). The maximum atomic E-state index is 13.6. The van der Waals surface area contributed by atoms with Crippen LogP contribution in [0.4, 0.5) is 10.1 Å². The number of aromatic nitrogens is 1. The summed E-state index contributed by atoms with van der Waals surface area (Å²) < 4.78 is 13.6. The summed E-state index contributed by atoms with van der Waals surface area (Å²) in [5.41, 5.74) is 4.21. The number of carbonyl (C=O) groups excluding carboxylic acids is 2. The molecule has 1 aromatic heterocycles. The molecule has 0 atom stereocenters. The first kappa shape index (κ1) is 13.5. The van der Waals surface area contributed by atoms with Crippen LogP contribution in [0.2, 0.25) is 0 Å². The Kier molecular flexibility index (Phi) is 3.60. The lowest BCUT2D eigenvalue weighted by Gasteiger charge is -2.07. The number of carbonyl (C=O) groups is 2. The molecule has 2 amide bonds. The number of primary amides is 1. The van der Waals surface area contributed by atoms with Gasteiger partial charge < -0.3 is 16.0 Å². The second-order valence-electron chi connectivity index (χ2n) is 3.94. The molecule has 0 saturated carbocycles. The normalized spacial score (nSPS) is 10.1. The lowest BCUT2D eigenvalue weighted by molar-refractivity contribution is 0.0995. The largest absolute Gasteiger partial charge is 0.367 e. The van der Waals surface area contributed by atoms with Gasteiger partial charge in [0.1, 0.15) is 11.4 Å². The second-order valence-corrected chi connectivity index (χ2v) is 3.94. The highest BCUT2D eigenvalue weighted by Crippen LogP contribution is 2.16. The van der Waals surface area contributed by atoms with Crippen molar-refractivity contribution in [3.05, 3.63) is 63.8 Å². The minimum Gasteiger partial charge on any atom is -0.367 e. The number of nitrogens with two attached hydrogens (primary N) is 1. The van der Waals surface area contributed by atoms with Crippen LogP contribution in [0.1, 0.15) is 20.7 Å². The molecule has 0 aliphatic rings. The van der Waals surface area contributed by atoms with Gasteiger partial charge in [-0.15, -0.1) is 0 Å². The molecule has 20 heavy (non-hydrogen) atoms. The second kappa shape index (κ2) is 5.35. The molecule has 4 N–H and O–H groups in total. The van der Waals surface area contributed by atoms with Crippen molar-refractivity contribution in [2.24, 2.45) is 5.73 Å². The number of aromatic amines is 1. The van der Waals surface area contributed by atoms with Crippen LogP contribution in [-0.4, -0.2) is 16.8 Å². The summed E-state index contributed by atoms with van der Waals surface area (Å²) in [6, 6.07) is 4.48. The van der Waals surface area contributed by atoms with Crippen LogP contribution in [-0.2, 0) is 0 Å². The molecule has 0 aliphatic heterocycles. The number of H-pyrrole nitrogens is 1. The van der Waals surface area contributed by atoms with Crippen molar-refractivity contribution < 1.29 is 14.0 Å². The summed E-state index contributed by atoms with van der Waals surface area (Å²) in [6.07, 6.45) is 2.57. The summed E-state index contributed by atoms with van der Waals surface area (Å²) >= 11 is 0. The van der Waals surface area contributed by atoms with E-state index < -0.39 is 23.1 Å². The molecule has 1 heterocycles. The number of amides is 2. The highest BCUT2D eigenvalue weighted by atomic mass is 19.1. The monoisotopic (exact) mass is 275 g/mol. The fraction of sp³-hybridized carbons (Fsp3) is 0. The highest BCUT2D eigenvalue weighted by molar-refractivity contribution is 6.04. The third-order valence-electron chi connectivity index (χ3n) is 2.57. The van der Waals surface area contributed by atoms with E-state index in [-0.39, 0.29) is 16.8 Å². The van der Waals surface area contributed by atoms with Gasteiger partial charge in [-0.2, -0.15) is 0 Å². The van der Waals surface area contributed by atoms with Crippen LogP contribution in [0, 0.1) is 5.82 Å². The molecule has 2 aromatic rings. The van der Waals surface area contributed by atoms with E-state index in [1.54, 1.807) is 0 Å². The Morgan fingerprint density at radius 2 is 2.00 bits per heavy atom. The number of halogens is 1. The maximum Gasteiger partial charge on any atom is 0.261 e. The van der Waals surface area contributed by atoms with Gasteiger partial charge in [0.05, 0.1) is 5.69 Å². The molecule has 0 bridgehead atoms. The van der Waals surface area contributed by atoms with E-state index in [0.29, 0.717) is 0 Å². The summed E-state index contributed by atoms with van der Waals surface area (Å²) in [6.45, 7) is 0. The van der Waals surface area contributed by atoms with Gasteiger partial charge in [-0.25, -0.2) is 4.39 Å². The summed E-state index contributed by atoms with van der Waals surface area (Å²) in [5, 5.41) is 2.22. The van der Waals surface area contributed by atoms with E-state index in [2.05, 4.69) is 10.3 Å². The zero-order valence-corrected chi connectivity index (χ0v) is 10.1. The Hall–Kier alpha value is -2.96. The Balaban J connectivity index is 2.33. The van der Waals surface area contributed by atoms with E-state index in [1.807, 2.05) is 0 Å². The van der Waals surface area contributed by atoms with Gasteiger partial charge in [-0.05, 0) is 18.2 Å². The molecule has 0 fully saturated rings. The topological polar surface area (TPSA) is 105 Å². The molecule has 7 heteroatoms. The van der Waals surface area contributed by atoms with E-state index in [1.165, 1.54) is 24.5 Å². The average molecular weight is 275 g/mol. The number of nitrogens with one attached hydrogen (secondary N) is 2. The Labute approximate surface area is 112 Å². The van der Waals surface area contributed by atoms with E-state index >= 15 is 0 Å². The molecule has 0 spiro atoms. The number of pyridine rings is 1. The summed E-state index contributed by atoms with van der Waals surface area (Å²) in [5.74, 6) is -2.28. The zero-order valence-electron chi connectivity index (χ0n) is 10.1. The van der Waals surface area contributed by atoms with Crippen molar-refractivity contribution in [2.45, 2.75) is 0 Å². The first-order valence-electron chi connectivity index (χ1n) is 5.57. The lowest BCUT2D eigenvalue weighted by Crippen LogP contribution is -2.21. The van der Waals surface area contributed by atoms with Gasteiger partial charge in [0, 0.05) is 24.0 Å². The van der Waals surface area contributed by atoms with Crippen LogP contribution < -0.4 is 16.5 Å². The molecule has 6 nitrogen and oxygen atoms in total. The van der Waals surface area contributed by atoms with Gasteiger partial charge in [-0.1, -0.05) is 0 Å². The van der Waals surface area contributed by atoms with Crippen LogP contribution in [0.3, 0.4) is 0 Å². The molecular weight excluding hydrogens is 265 g/mol. The molecule has 102 valence electrons. The third kappa shape index (κ3) is 2.72. The molecule has 0 saturated heterocycles. The smallest absolute Gasteiger partial charge is 0.261 e. The predicted octanol–water partition coefficient (Wildman–Crippen LogP) is 0.865. The molecular formula is C13H10FN3O3. The molecule has 1 aromatic carbocycles. The van der Waals surface area contributed by atoms with Crippen LogP contribution in [0.25, 0.3) is 0 Å². The minimum atomic E-state index is -0.785. The molecule has 0 radical (unpaired) electrons. The van der Waals surface area contributed by atoms with Crippen molar-refractivity contribution in [2.75, 3.05) is 5.32 Å². The molecule has 0 unspecified atom stereocenters. The van der Waals surface area contributed by atoms with Crippen LogP contribution >= 0.6 is 0 Å². The number of anilines is 1. The SMILES string of the molecule is NC(=O)c1ccc(F)c(NC(=O)c2c[nH]ccc2=O)c1. The number of rotatable bonds is 3. The fourth-order valence-electron chi connectivity index (χ4n) is 1.56. The van der Waals surface area contributed by atoms with Gasteiger partial charge in [0.2, 0.25) is 5.91 Å². The Morgan fingerprint density at radius 1 is 1.25 bits per heavy atom. The predicted molar refractivity (Wildman–Crippen MR) is 69.9 cm³/mol. The first-order chi connectivity index (χ1) is 9.49. The summed E-state index contributed by atoms with van der Waals surface area (Å²) in [7, 11) is 0. The van der Waals surface area contributed by atoms with E-state index in [4.69, 9.17) is 5.73 Å². The van der Waals surface area contributed by atoms with Crippen molar-refractivity contribution in [1.82, 2.24) is 4.98 Å². The van der Waals surface area contributed by atoms with Crippen LogP contribution in [0.15, 0.2) is 41.5 Å². The quantitative estimate of drug-likeness (QED) is 0.773. The zero-order chi connectivity index (χ0) is 14.7. The van der Waals surface area contributed by atoms with Gasteiger partial charge >= 0.3 is 0 Å². The van der Waals surface area contributed by atoms with Crippen molar-refractivity contribution in [1.29, 1.82) is 0 Å². The molecule has 2 rings (SSSR count). The number of hydrogen-bond acceptors (Lipinski definition) is 3. The third-order valence-corrected chi connectivity index (χ3v) is 2.57. The average Bonchev–Trinajstić information content (AvgIpc) is 2.41. The van der Waals surface area contributed by atoms with Crippen molar-refractivity contribution >= 4 is 17.5 Å². The Morgan fingerprint density at radius 3 is 2.65 bits per heavy atom. The summed E-state index contributed by atoms with van der Waals surface area (Å²) in [4.78, 5) is 36.9. The molecule has 0 aliphatic carbocycles. The van der Waals surface area contributed by atoms with Crippen LogP contribution in [0.5, 0.6) is 0 Å². The van der Waals surface area contributed by atoms with Crippen molar-refractivity contribution in [3.8, 4) is 0 Å². The fourth-order valence-corrected chi connectivity index (χ4v) is 1.56. The maximum absolute atomic E-state index is 13.6. The Bertz CT molecular complexity index is 740. The van der Waals surface area contributed by atoms with Gasteiger partial charge in [0.15, 0.2) is 5.43 Å². The highest BCUT2D eigenvalue weighted by Gasteiger charge is 2.13. The van der Waals surface area contributed by atoms with Gasteiger partial charge in [0.25, 0.3) is 5.91 Å². The minimum absolute atomic E-state index is 0.0451. The van der Waals surface area contributed by atoms with E-state index in [9.17, 15) is 18.8 Å².